The highest BCUT2D eigenvalue weighted by molar-refractivity contribution is 6.32. The van der Waals surface area contributed by atoms with Crippen LogP contribution in [0.2, 0.25) is 5.02 Å². The van der Waals surface area contributed by atoms with E-state index in [4.69, 9.17) is 21.6 Å². The lowest BCUT2D eigenvalue weighted by Gasteiger charge is -2.35. The maximum Gasteiger partial charge on any atom is 0.124 e. The molecule has 1 N–H and O–H groups in total. The van der Waals surface area contributed by atoms with Crippen LogP contribution in [0.5, 0.6) is 5.75 Å². The largest absolute Gasteiger partial charge is 0.490 e. The first-order valence-electron chi connectivity index (χ1n) is 8.96. The van der Waals surface area contributed by atoms with Gasteiger partial charge in [0.05, 0.1) is 10.6 Å². The molecule has 0 unspecified atom stereocenters. The van der Waals surface area contributed by atoms with Crippen molar-refractivity contribution in [1.82, 2.24) is 10.2 Å². The summed E-state index contributed by atoms with van der Waals surface area (Å²) in [6.07, 6.45) is 4.97. The Morgan fingerprint density at radius 1 is 1.25 bits per heavy atom. The maximum atomic E-state index is 9.03. The molecule has 0 saturated carbocycles. The Hall–Kier alpha value is -1.28. The highest BCUT2D eigenvalue weighted by Crippen LogP contribution is 2.30. The van der Waals surface area contributed by atoms with Gasteiger partial charge in [0.2, 0.25) is 0 Å². The third kappa shape index (κ3) is 4.22. The molecule has 1 aromatic carbocycles. The van der Waals surface area contributed by atoms with Gasteiger partial charge >= 0.3 is 0 Å². The van der Waals surface area contributed by atoms with Crippen molar-refractivity contribution >= 4 is 11.6 Å². The van der Waals surface area contributed by atoms with Gasteiger partial charge in [-0.05, 0) is 63.7 Å². The first-order chi connectivity index (χ1) is 11.7. The van der Waals surface area contributed by atoms with E-state index in [0.29, 0.717) is 10.6 Å². The minimum Gasteiger partial charge on any atom is -0.490 e. The summed E-state index contributed by atoms with van der Waals surface area (Å²) in [6.45, 7) is 7.71. The zero-order valence-electron chi connectivity index (χ0n) is 14.4. The van der Waals surface area contributed by atoms with Gasteiger partial charge in [-0.15, -0.1) is 0 Å². The summed E-state index contributed by atoms with van der Waals surface area (Å²) in [4.78, 5) is 2.59. The number of nitrogens with zero attached hydrogens (tertiary/aromatic N) is 2. The number of ether oxygens (including phenoxy) is 1. The molecule has 0 amide bonds. The molecular formula is C19H26ClN3O. The molecule has 24 heavy (non-hydrogen) atoms. The van der Waals surface area contributed by atoms with Crippen LogP contribution in [0.25, 0.3) is 0 Å². The second-order valence-electron chi connectivity index (χ2n) is 6.97. The van der Waals surface area contributed by atoms with E-state index in [1.165, 1.54) is 32.5 Å². The number of likely N-dealkylation sites (tertiary alicyclic amines) is 1. The molecule has 0 radical (unpaired) electrons. The molecule has 0 bridgehead atoms. The van der Waals surface area contributed by atoms with Crippen LogP contribution in [0.4, 0.5) is 0 Å². The molecule has 0 spiro atoms. The quantitative estimate of drug-likeness (QED) is 0.907. The predicted octanol–water partition coefficient (Wildman–Crippen LogP) is 3.36. The Morgan fingerprint density at radius 2 is 1.96 bits per heavy atom. The van der Waals surface area contributed by atoms with Crippen molar-refractivity contribution in [3.63, 3.8) is 0 Å². The van der Waals surface area contributed by atoms with E-state index in [0.717, 1.165) is 43.2 Å². The smallest absolute Gasteiger partial charge is 0.124 e. The first-order valence-corrected chi connectivity index (χ1v) is 9.34. The Balaban J connectivity index is 1.50. The van der Waals surface area contributed by atoms with Crippen LogP contribution in [0.15, 0.2) is 12.1 Å². The van der Waals surface area contributed by atoms with E-state index in [1.54, 1.807) is 6.07 Å². The van der Waals surface area contributed by atoms with E-state index in [2.05, 4.69) is 16.3 Å². The highest BCUT2D eigenvalue weighted by atomic mass is 35.5. The molecule has 1 aromatic rings. The van der Waals surface area contributed by atoms with E-state index in [-0.39, 0.29) is 6.10 Å². The third-order valence-corrected chi connectivity index (χ3v) is 5.75. The van der Waals surface area contributed by atoms with Gasteiger partial charge in [0, 0.05) is 25.2 Å². The summed E-state index contributed by atoms with van der Waals surface area (Å²) >= 11 is 6.23. The average molecular weight is 348 g/mol. The SMILES string of the molecule is Cc1c(OC2CCN(CC3CCNCC3)CC2)ccc(C#N)c1Cl. The van der Waals surface area contributed by atoms with Gasteiger partial charge in [-0.25, -0.2) is 0 Å². The fraction of sp³-hybridized carbons (Fsp3) is 0.632. The Labute approximate surface area is 149 Å². The van der Waals surface area contributed by atoms with Crippen LogP contribution in [0, 0.1) is 24.2 Å². The molecule has 3 rings (SSSR count). The van der Waals surface area contributed by atoms with Gasteiger partial charge in [0.1, 0.15) is 17.9 Å². The fourth-order valence-corrected chi connectivity index (χ4v) is 3.90. The lowest BCUT2D eigenvalue weighted by molar-refractivity contribution is 0.0868. The lowest BCUT2D eigenvalue weighted by Crippen LogP contribution is -2.42. The highest BCUT2D eigenvalue weighted by Gasteiger charge is 2.24. The van der Waals surface area contributed by atoms with Crippen molar-refractivity contribution in [2.75, 3.05) is 32.7 Å². The molecule has 2 saturated heterocycles. The summed E-state index contributed by atoms with van der Waals surface area (Å²) in [6, 6.07) is 5.74. The van der Waals surface area contributed by atoms with Crippen molar-refractivity contribution in [3.8, 4) is 11.8 Å². The molecular weight excluding hydrogens is 322 g/mol. The van der Waals surface area contributed by atoms with Crippen molar-refractivity contribution in [2.45, 2.75) is 38.7 Å². The standard InChI is InChI=1S/C19H26ClN3O/c1-14-18(3-2-16(12-21)19(14)20)24-17-6-10-23(11-7-17)13-15-4-8-22-9-5-15/h2-3,15,17,22H,4-11,13H2,1H3. The number of piperidine rings is 2. The van der Waals surface area contributed by atoms with E-state index < -0.39 is 0 Å². The Morgan fingerprint density at radius 3 is 2.62 bits per heavy atom. The predicted molar refractivity (Wildman–Crippen MR) is 96.6 cm³/mol. The fourth-order valence-electron chi connectivity index (χ4n) is 3.70. The summed E-state index contributed by atoms with van der Waals surface area (Å²) < 4.78 is 6.17. The minimum atomic E-state index is 0.247. The molecule has 0 aliphatic carbocycles. The summed E-state index contributed by atoms with van der Waals surface area (Å²) in [5.41, 5.74) is 1.38. The van der Waals surface area contributed by atoms with E-state index in [1.807, 2.05) is 13.0 Å². The number of hydrogen-bond donors (Lipinski definition) is 1. The van der Waals surface area contributed by atoms with Crippen molar-refractivity contribution in [3.05, 3.63) is 28.3 Å². The van der Waals surface area contributed by atoms with Crippen molar-refractivity contribution in [1.29, 1.82) is 5.26 Å². The van der Waals surface area contributed by atoms with Gasteiger partial charge in [-0.1, -0.05) is 11.6 Å². The number of nitriles is 1. The second-order valence-corrected chi connectivity index (χ2v) is 7.35. The average Bonchev–Trinajstić information content (AvgIpc) is 2.62. The topological polar surface area (TPSA) is 48.3 Å². The number of rotatable bonds is 4. The third-order valence-electron chi connectivity index (χ3n) is 5.26. The van der Waals surface area contributed by atoms with Crippen LogP contribution in [-0.4, -0.2) is 43.7 Å². The summed E-state index contributed by atoms with van der Waals surface area (Å²) in [5.74, 6) is 1.67. The van der Waals surface area contributed by atoms with E-state index >= 15 is 0 Å². The molecule has 2 fully saturated rings. The summed E-state index contributed by atoms with van der Waals surface area (Å²) in [5, 5.41) is 13.0. The molecule has 2 aliphatic rings. The number of nitrogens with one attached hydrogen (secondary N) is 1. The van der Waals surface area contributed by atoms with Gasteiger partial charge < -0.3 is 15.0 Å². The molecule has 0 aromatic heterocycles. The summed E-state index contributed by atoms with van der Waals surface area (Å²) in [7, 11) is 0. The first kappa shape index (κ1) is 17.5. The molecule has 2 aliphatic heterocycles. The normalized spacial score (nSPS) is 20.7. The molecule has 130 valence electrons. The minimum absolute atomic E-state index is 0.247. The van der Waals surface area contributed by atoms with Gasteiger partial charge in [-0.3, -0.25) is 0 Å². The van der Waals surface area contributed by atoms with E-state index in [9.17, 15) is 0 Å². The lowest BCUT2D eigenvalue weighted by atomic mass is 9.96. The van der Waals surface area contributed by atoms with Crippen LogP contribution in [-0.2, 0) is 0 Å². The second kappa shape index (κ2) is 8.20. The zero-order valence-corrected chi connectivity index (χ0v) is 15.1. The Bertz CT molecular complexity index is 599. The number of benzene rings is 1. The van der Waals surface area contributed by atoms with Gasteiger partial charge in [0.25, 0.3) is 0 Å². The van der Waals surface area contributed by atoms with Crippen LogP contribution in [0.1, 0.15) is 36.8 Å². The maximum absolute atomic E-state index is 9.03. The monoisotopic (exact) mass is 347 g/mol. The van der Waals surface area contributed by atoms with Crippen LogP contribution in [0.3, 0.4) is 0 Å². The van der Waals surface area contributed by atoms with Crippen LogP contribution >= 0.6 is 11.6 Å². The van der Waals surface area contributed by atoms with Gasteiger partial charge in [-0.2, -0.15) is 5.26 Å². The van der Waals surface area contributed by atoms with Crippen molar-refractivity contribution in [2.24, 2.45) is 5.92 Å². The molecule has 0 atom stereocenters. The molecule has 5 heteroatoms. The Kier molecular flexibility index (Phi) is 5.99. The number of halogens is 1. The number of hydrogen-bond acceptors (Lipinski definition) is 4. The molecule has 4 nitrogen and oxygen atoms in total. The van der Waals surface area contributed by atoms with Crippen LogP contribution < -0.4 is 10.1 Å². The zero-order chi connectivity index (χ0) is 16.9. The van der Waals surface area contributed by atoms with Crippen molar-refractivity contribution < 1.29 is 4.74 Å². The van der Waals surface area contributed by atoms with Gasteiger partial charge in [0.15, 0.2) is 0 Å². The molecule has 2 heterocycles.